The molecule has 16 heteroatoms. The zero-order valence-corrected chi connectivity index (χ0v) is 32.7. The van der Waals surface area contributed by atoms with E-state index in [4.69, 9.17) is 18.9 Å². The fourth-order valence-electron chi connectivity index (χ4n) is 7.57. The SMILES string of the molecule is CC1CCC(CCOCCOCCOCCC(=O)NCCCNc2ccc3c(c2)CC[C@@]32OC(=O)N(CC(=O)N(Cc3ccc(F)cc3)[C@@H](C)C(F)(F)F)C2=O)C1. The summed E-state index contributed by atoms with van der Waals surface area (Å²) < 4.78 is 77.0. The number of carbonyl (C=O) groups is 4. The second kappa shape index (κ2) is 20.4. The molecule has 2 unspecified atom stereocenters. The van der Waals surface area contributed by atoms with Crippen molar-refractivity contribution in [1.29, 1.82) is 0 Å². The van der Waals surface area contributed by atoms with Gasteiger partial charge in [0.1, 0.15) is 18.4 Å². The highest BCUT2D eigenvalue weighted by Crippen LogP contribution is 2.46. The van der Waals surface area contributed by atoms with Crippen LogP contribution in [0.25, 0.3) is 0 Å². The van der Waals surface area contributed by atoms with Gasteiger partial charge in [-0.2, -0.15) is 13.2 Å². The summed E-state index contributed by atoms with van der Waals surface area (Å²) >= 11 is 0. The second-order valence-electron chi connectivity index (χ2n) is 15.1. The molecular formula is C41H54F4N4O8. The maximum atomic E-state index is 13.8. The van der Waals surface area contributed by atoms with Crippen molar-refractivity contribution in [3.63, 3.8) is 0 Å². The molecule has 1 aliphatic heterocycles. The van der Waals surface area contributed by atoms with E-state index in [1.165, 1.54) is 31.4 Å². The van der Waals surface area contributed by atoms with Crippen molar-refractivity contribution in [3.05, 3.63) is 65.0 Å². The Bertz CT molecular complexity index is 1680. The molecule has 2 aromatic rings. The van der Waals surface area contributed by atoms with Crippen LogP contribution < -0.4 is 10.6 Å². The number of nitrogens with zero attached hydrogens (tertiary/aromatic N) is 2. The number of amides is 4. The summed E-state index contributed by atoms with van der Waals surface area (Å²) in [5.74, 6) is -1.02. The highest BCUT2D eigenvalue weighted by Gasteiger charge is 2.58. The van der Waals surface area contributed by atoms with Gasteiger partial charge in [-0.3, -0.25) is 14.4 Å². The highest BCUT2D eigenvalue weighted by atomic mass is 19.4. The van der Waals surface area contributed by atoms with Gasteiger partial charge in [0, 0.05) is 50.3 Å². The smallest absolute Gasteiger partial charge is 0.418 e. The average Bonchev–Trinajstić information content (AvgIpc) is 3.83. The van der Waals surface area contributed by atoms with Gasteiger partial charge in [-0.25, -0.2) is 14.1 Å². The van der Waals surface area contributed by atoms with Crippen LogP contribution in [-0.4, -0.2) is 105 Å². The van der Waals surface area contributed by atoms with E-state index in [0.717, 1.165) is 55.2 Å². The third-order valence-corrected chi connectivity index (χ3v) is 10.9. The number of benzene rings is 2. The largest absolute Gasteiger partial charge is 0.427 e. The van der Waals surface area contributed by atoms with Crippen LogP contribution in [0.1, 0.15) is 75.5 Å². The first-order valence-corrected chi connectivity index (χ1v) is 19.8. The normalized spacial score (nSPS) is 20.8. The molecule has 57 heavy (non-hydrogen) atoms. The molecule has 314 valence electrons. The molecule has 3 aliphatic rings. The number of aryl methyl sites for hydroxylation is 1. The molecule has 1 heterocycles. The van der Waals surface area contributed by atoms with Gasteiger partial charge in [0.2, 0.25) is 17.4 Å². The van der Waals surface area contributed by atoms with E-state index in [2.05, 4.69) is 17.6 Å². The first kappa shape index (κ1) is 43.8. The average molecular weight is 807 g/mol. The molecule has 0 radical (unpaired) electrons. The molecule has 1 saturated carbocycles. The number of halogens is 4. The van der Waals surface area contributed by atoms with Crippen LogP contribution in [0.15, 0.2) is 42.5 Å². The molecular weight excluding hydrogens is 752 g/mol. The van der Waals surface area contributed by atoms with E-state index >= 15 is 0 Å². The number of ether oxygens (including phenoxy) is 4. The van der Waals surface area contributed by atoms with Gasteiger partial charge < -0.3 is 34.5 Å². The van der Waals surface area contributed by atoms with Crippen molar-refractivity contribution in [2.24, 2.45) is 11.8 Å². The van der Waals surface area contributed by atoms with Gasteiger partial charge in [0.05, 0.1) is 33.0 Å². The predicted molar refractivity (Wildman–Crippen MR) is 201 cm³/mol. The lowest BCUT2D eigenvalue weighted by atomic mass is 9.94. The Morgan fingerprint density at radius 1 is 0.982 bits per heavy atom. The molecule has 12 nitrogen and oxygen atoms in total. The number of alkyl halides is 3. The van der Waals surface area contributed by atoms with Crippen molar-refractivity contribution in [1.82, 2.24) is 15.1 Å². The van der Waals surface area contributed by atoms with Crippen molar-refractivity contribution in [2.75, 3.05) is 64.6 Å². The van der Waals surface area contributed by atoms with Crippen LogP contribution >= 0.6 is 0 Å². The van der Waals surface area contributed by atoms with Gasteiger partial charge in [0.25, 0.3) is 5.91 Å². The minimum atomic E-state index is -4.80. The number of carbonyl (C=O) groups excluding carboxylic acids is 4. The Kier molecular flexibility index (Phi) is 15.7. The van der Waals surface area contributed by atoms with E-state index in [1.54, 1.807) is 12.1 Å². The monoisotopic (exact) mass is 806 g/mol. The summed E-state index contributed by atoms with van der Waals surface area (Å²) in [6.45, 7) is 5.62. The fraction of sp³-hybridized carbons (Fsp3) is 0.610. The third-order valence-electron chi connectivity index (χ3n) is 10.9. The summed E-state index contributed by atoms with van der Waals surface area (Å²) in [5.41, 5.74) is 0.489. The first-order valence-electron chi connectivity index (χ1n) is 19.8. The van der Waals surface area contributed by atoms with E-state index in [9.17, 15) is 36.7 Å². The Morgan fingerprint density at radius 3 is 2.37 bits per heavy atom. The van der Waals surface area contributed by atoms with Crippen LogP contribution in [0.4, 0.5) is 28.0 Å². The molecule has 4 atom stereocenters. The lowest BCUT2D eigenvalue weighted by Gasteiger charge is -2.31. The molecule has 2 aromatic carbocycles. The molecule has 0 bridgehead atoms. The van der Waals surface area contributed by atoms with Crippen molar-refractivity contribution < 1.29 is 55.7 Å². The number of rotatable bonds is 22. The Hall–Kier alpha value is -4.28. The zero-order chi connectivity index (χ0) is 41.0. The summed E-state index contributed by atoms with van der Waals surface area (Å²) in [4.78, 5) is 53.2. The van der Waals surface area contributed by atoms with Gasteiger partial charge in [-0.1, -0.05) is 38.0 Å². The van der Waals surface area contributed by atoms with Crippen LogP contribution in [0.2, 0.25) is 0 Å². The van der Waals surface area contributed by atoms with E-state index in [1.807, 2.05) is 6.07 Å². The topological polar surface area (TPSA) is 136 Å². The van der Waals surface area contributed by atoms with E-state index in [0.29, 0.717) is 74.3 Å². The summed E-state index contributed by atoms with van der Waals surface area (Å²) in [6, 6.07) is 7.60. The molecule has 0 aromatic heterocycles. The molecule has 4 amide bonds. The number of anilines is 1. The Morgan fingerprint density at radius 2 is 1.68 bits per heavy atom. The van der Waals surface area contributed by atoms with Crippen LogP contribution in [0.3, 0.4) is 0 Å². The molecule has 1 spiro atoms. The molecule has 5 rings (SSSR count). The molecule has 2 aliphatic carbocycles. The van der Waals surface area contributed by atoms with E-state index in [-0.39, 0.29) is 24.3 Å². The zero-order valence-electron chi connectivity index (χ0n) is 32.7. The van der Waals surface area contributed by atoms with Crippen LogP contribution in [-0.2, 0) is 51.9 Å². The minimum Gasteiger partial charge on any atom is -0.427 e. The minimum absolute atomic E-state index is 0.108. The number of imide groups is 1. The molecule has 2 N–H and O–H groups in total. The van der Waals surface area contributed by atoms with Crippen molar-refractivity contribution in [3.8, 4) is 0 Å². The van der Waals surface area contributed by atoms with Gasteiger partial charge in [-0.05, 0) is 79.8 Å². The number of hydrogen-bond donors (Lipinski definition) is 2. The predicted octanol–water partition coefficient (Wildman–Crippen LogP) is 6.11. The number of nitrogens with one attached hydrogen (secondary N) is 2. The van der Waals surface area contributed by atoms with Gasteiger partial charge in [-0.15, -0.1) is 0 Å². The number of hydrogen-bond acceptors (Lipinski definition) is 9. The second-order valence-corrected chi connectivity index (χ2v) is 15.1. The summed E-state index contributed by atoms with van der Waals surface area (Å²) in [7, 11) is 0. The quantitative estimate of drug-likeness (QED) is 0.107. The molecule has 2 fully saturated rings. The van der Waals surface area contributed by atoms with Crippen LogP contribution in [0, 0.1) is 17.7 Å². The van der Waals surface area contributed by atoms with Crippen LogP contribution in [0.5, 0.6) is 0 Å². The fourth-order valence-corrected chi connectivity index (χ4v) is 7.57. The third kappa shape index (κ3) is 12.1. The lowest BCUT2D eigenvalue weighted by Crippen LogP contribution is -2.51. The summed E-state index contributed by atoms with van der Waals surface area (Å²) in [5, 5.41) is 6.14. The standard InChI is InChI=1S/C41H54F4N4O8/c1-28-4-5-30(24-28)13-18-54-20-22-56-23-21-55-19-14-36(50)47-17-3-16-46-34-10-11-35-32(25-34)12-15-40(35)38(52)49(39(53)57-40)27-37(51)48(29(2)41(43,44)45)26-31-6-8-33(42)9-7-31/h6-11,25,28-30,46H,3-5,12-24,26-27H2,1-2H3,(H,47,50)/t28?,29-,30?,40+/m0/s1. The van der Waals surface area contributed by atoms with Crippen molar-refractivity contribution in [2.45, 2.75) is 89.6 Å². The molecule has 1 saturated heterocycles. The van der Waals surface area contributed by atoms with Gasteiger partial charge >= 0.3 is 12.3 Å². The first-order chi connectivity index (χ1) is 27.3. The maximum absolute atomic E-state index is 13.8. The Balaban J connectivity index is 0.981. The number of fused-ring (bicyclic) bond motifs is 2. The summed E-state index contributed by atoms with van der Waals surface area (Å²) in [6.07, 6.45) is 0.501. The highest BCUT2D eigenvalue weighted by molar-refractivity contribution is 6.06. The van der Waals surface area contributed by atoms with Crippen molar-refractivity contribution >= 4 is 29.5 Å². The lowest BCUT2D eigenvalue weighted by molar-refractivity contribution is -0.187. The van der Waals surface area contributed by atoms with Gasteiger partial charge in [0.15, 0.2) is 0 Å². The Labute approximate surface area is 330 Å². The maximum Gasteiger partial charge on any atom is 0.418 e. The van der Waals surface area contributed by atoms with E-state index < -0.39 is 54.6 Å².